The van der Waals surface area contributed by atoms with E-state index in [0.717, 1.165) is 45.9 Å². The molecule has 2 aromatic carbocycles. The molecule has 0 spiro atoms. The Balaban J connectivity index is 1.61. The van der Waals surface area contributed by atoms with E-state index in [1.165, 1.54) is 11.8 Å². The molecule has 1 unspecified atom stereocenters. The average Bonchev–Trinajstić information content (AvgIpc) is 3.07. The van der Waals surface area contributed by atoms with Crippen molar-refractivity contribution in [2.75, 3.05) is 12.0 Å². The number of carbonyl (C=O) groups excluding carboxylic acids is 2. The summed E-state index contributed by atoms with van der Waals surface area (Å²) in [7, 11) is -4.00. The number of pyridine rings is 1. The highest BCUT2D eigenvalue weighted by Gasteiger charge is 2.47. The third-order valence-corrected chi connectivity index (χ3v) is 7.35. The van der Waals surface area contributed by atoms with Crippen LogP contribution in [0.25, 0.3) is 11.1 Å². The van der Waals surface area contributed by atoms with Crippen molar-refractivity contribution in [2.24, 2.45) is 0 Å². The summed E-state index contributed by atoms with van der Waals surface area (Å²) in [5, 5.41) is 0. The minimum atomic E-state index is -5.55. The van der Waals surface area contributed by atoms with E-state index < -0.39 is 38.2 Å². The number of amides is 3. The summed E-state index contributed by atoms with van der Waals surface area (Å²) < 4.78 is 66.9. The molecule has 0 aliphatic carbocycles. The van der Waals surface area contributed by atoms with Crippen LogP contribution in [0.4, 0.5) is 23.7 Å². The normalized spacial score (nSPS) is 16.5. The summed E-state index contributed by atoms with van der Waals surface area (Å²) in [4.78, 5) is 31.4. The number of sulfone groups is 1. The van der Waals surface area contributed by atoms with Gasteiger partial charge in [0.1, 0.15) is 11.8 Å². The largest absolute Gasteiger partial charge is 0.501 e. The molecule has 0 bridgehead atoms. The number of rotatable bonds is 6. The van der Waals surface area contributed by atoms with Crippen LogP contribution < -0.4 is 9.64 Å². The number of benzene rings is 2. The summed E-state index contributed by atoms with van der Waals surface area (Å²) in [5.41, 5.74) is -3.22. The number of imide groups is 1. The summed E-state index contributed by atoms with van der Waals surface area (Å²) in [6, 6.07) is 10.8. The highest BCUT2D eigenvalue weighted by molar-refractivity contribution is 7.92. The Morgan fingerprint density at radius 2 is 1.64 bits per heavy atom. The maximum absolute atomic E-state index is 13.2. The Labute approximate surface area is 204 Å². The van der Waals surface area contributed by atoms with E-state index in [0.29, 0.717) is 5.75 Å². The first-order chi connectivity index (χ1) is 17.0. The van der Waals surface area contributed by atoms with Crippen molar-refractivity contribution in [3.63, 3.8) is 0 Å². The van der Waals surface area contributed by atoms with Crippen molar-refractivity contribution < 1.29 is 35.9 Å². The number of aromatic nitrogens is 1. The van der Waals surface area contributed by atoms with Crippen molar-refractivity contribution in [2.45, 2.75) is 29.9 Å². The number of hydrogen-bond acceptors (Lipinski definition) is 6. The van der Waals surface area contributed by atoms with E-state index in [4.69, 9.17) is 4.74 Å². The number of hydrogen-bond donors (Lipinski definition) is 0. The third kappa shape index (κ3) is 4.39. The van der Waals surface area contributed by atoms with Gasteiger partial charge < -0.3 is 9.64 Å². The maximum atomic E-state index is 13.2. The fraction of sp³-hybridized carbons (Fsp3) is 0.208. The summed E-state index contributed by atoms with van der Waals surface area (Å²) in [6.45, 7) is 1.60. The second-order valence-corrected chi connectivity index (χ2v) is 9.91. The molecule has 4 rings (SSSR count). The molecule has 1 fully saturated rings. The molecule has 1 aliphatic rings. The second kappa shape index (κ2) is 9.26. The summed E-state index contributed by atoms with van der Waals surface area (Å²) in [6.07, 6.45) is 3.20. The van der Waals surface area contributed by atoms with E-state index in [-0.39, 0.29) is 12.2 Å². The molecular weight excluding hydrogens is 499 g/mol. The quantitative estimate of drug-likeness (QED) is 0.448. The monoisotopic (exact) mass is 519 g/mol. The van der Waals surface area contributed by atoms with Gasteiger partial charge in [0, 0.05) is 24.5 Å². The number of anilines is 1. The van der Waals surface area contributed by atoms with Gasteiger partial charge in [0.25, 0.3) is 15.7 Å². The number of nitrogens with zero attached hydrogens (tertiary/aromatic N) is 3. The number of urea groups is 1. The average molecular weight is 520 g/mol. The summed E-state index contributed by atoms with van der Waals surface area (Å²) in [5.74, 6) is 0.0781. The molecule has 12 heteroatoms. The van der Waals surface area contributed by atoms with Gasteiger partial charge in [0.05, 0.1) is 17.7 Å². The predicted molar refractivity (Wildman–Crippen MR) is 124 cm³/mol. The Hall–Kier alpha value is -3.93. The molecule has 3 aromatic rings. The van der Waals surface area contributed by atoms with Crippen LogP contribution in [-0.4, -0.2) is 48.9 Å². The van der Waals surface area contributed by atoms with Crippen molar-refractivity contribution in [3.05, 3.63) is 72.6 Å². The fourth-order valence-corrected chi connectivity index (χ4v) is 4.60. The molecule has 2 heterocycles. The Morgan fingerprint density at radius 1 is 1.00 bits per heavy atom. The lowest BCUT2D eigenvalue weighted by Gasteiger charge is -2.21. The van der Waals surface area contributed by atoms with Crippen molar-refractivity contribution >= 4 is 27.5 Å². The van der Waals surface area contributed by atoms with E-state index in [1.807, 2.05) is 12.1 Å². The van der Waals surface area contributed by atoms with Gasteiger partial charge in [-0.05, 0) is 60.5 Å². The molecule has 3 amide bonds. The number of methoxy groups -OCH3 is 1. The van der Waals surface area contributed by atoms with E-state index in [2.05, 4.69) is 4.98 Å². The van der Waals surface area contributed by atoms with Gasteiger partial charge in [-0.2, -0.15) is 13.2 Å². The van der Waals surface area contributed by atoms with Crippen molar-refractivity contribution in [3.8, 4) is 16.9 Å². The number of halogens is 3. The first kappa shape index (κ1) is 25.2. The van der Waals surface area contributed by atoms with Gasteiger partial charge in [0.15, 0.2) is 0 Å². The van der Waals surface area contributed by atoms with Crippen LogP contribution in [0, 0.1) is 0 Å². The van der Waals surface area contributed by atoms with E-state index in [1.54, 1.807) is 37.7 Å². The Morgan fingerprint density at radius 3 is 2.22 bits per heavy atom. The molecule has 1 aromatic heterocycles. The molecule has 0 radical (unpaired) electrons. The molecule has 36 heavy (non-hydrogen) atoms. The standard InChI is InChI=1S/C24H20F3N3O5S/c1-15-22(31)30(18-5-9-20(10-6-18)36(33,34)24(25,26)27)23(32)29(15)14-17-11-12-28-13-21(17)16-3-7-19(35-2)8-4-16/h3-13,15H,14H2,1-2H3. The highest BCUT2D eigenvalue weighted by atomic mass is 32.2. The zero-order chi connectivity index (χ0) is 26.3. The van der Waals surface area contributed by atoms with Crippen LogP contribution in [0.3, 0.4) is 0 Å². The molecular formula is C24H20F3N3O5S. The summed E-state index contributed by atoms with van der Waals surface area (Å²) >= 11 is 0. The first-order valence-electron chi connectivity index (χ1n) is 10.6. The SMILES string of the molecule is COc1ccc(-c2cnccc2CN2C(=O)N(c3ccc(S(=O)(=O)C(F)(F)F)cc3)C(=O)C2C)cc1. The molecule has 0 N–H and O–H groups in total. The van der Waals surface area contributed by atoms with Crippen LogP contribution in [-0.2, 0) is 21.2 Å². The van der Waals surface area contributed by atoms with Gasteiger partial charge >= 0.3 is 11.5 Å². The van der Waals surface area contributed by atoms with Crippen LogP contribution in [0.5, 0.6) is 5.75 Å². The van der Waals surface area contributed by atoms with Crippen LogP contribution >= 0.6 is 0 Å². The van der Waals surface area contributed by atoms with E-state index >= 15 is 0 Å². The van der Waals surface area contributed by atoms with Gasteiger partial charge in [-0.15, -0.1) is 0 Å². The molecule has 0 saturated carbocycles. The van der Waals surface area contributed by atoms with E-state index in [9.17, 15) is 31.2 Å². The number of ether oxygens (including phenoxy) is 1. The van der Waals surface area contributed by atoms with Crippen LogP contribution in [0.1, 0.15) is 12.5 Å². The van der Waals surface area contributed by atoms with Crippen molar-refractivity contribution in [1.82, 2.24) is 9.88 Å². The zero-order valence-electron chi connectivity index (χ0n) is 19.1. The zero-order valence-corrected chi connectivity index (χ0v) is 19.9. The maximum Gasteiger partial charge on any atom is 0.501 e. The molecule has 188 valence electrons. The van der Waals surface area contributed by atoms with Crippen LogP contribution in [0.15, 0.2) is 71.9 Å². The van der Waals surface area contributed by atoms with Gasteiger partial charge in [0.2, 0.25) is 0 Å². The molecule has 1 atom stereocenters. The lowest BCUT2D eigenvalue weighted by atomic mass is 10.0. The highest BCUT2D eigenvalue weighted by Crippen LogP contribution is 2.33. The Bertz CT molecular complexity index is 1410. The van der Waals surface area contributed by atoms with Gasteiger partial charge in [-0.25, -0.2) is 18.1 Å². The first-order valence-corrected chi connectivity index (χ1v) is 12.1. The van der Waals surface area contributed by atoms with Gasteiger partial charge in [-0.3, -0.25) is 9.78 Å². The Kier molecular flexibility index (Phi) is 6.48. The smallest absolute Gasteiger partial charge is 0.497 e. The molecule has 8 nitrogen and oxygen atoms in total. The molecule has 1 saturated heterocycles. The number of alkyl halides is 3. The van der Waals surface area contributed by atoms with Crippen molar-refractivity contribution in [1.29, 1.82) is 0 Å². The minimum absolute atomic E-state index is 0.0365. The van der Waals surface area contributed by atoms with Crippen LogP contribution in [0.2, 0.25) is 0 Å². The minimum Gasteiger partial charge on any atom is -0.497 e. The van der Waals surface area contributed by atoms with Gasteiger partial charge in [-0.1, -0.05) is 12.1 Å². The topological polar surface area (TPSA) is 96.9 Å². The number of carbonyl (C=O) groups is 2. The second-order valence-electron chi connectivity index (χ2n) is 7.96. The molecule has 1 aliphatic heterocycles. The lowest BCUT2D eigenvalue weighted by Crippen LogP contribution is -2.33. The predicted octanol–water partition coefficient (Wildman–Crippen LogP) is 4.41. The lowest BCUT2D eigenvalue weighted by molar-refractivity contribution is -0.119. The fourth-order valence-electron chi connectivity index (χ4n) is 3.83. The third-order valence-electron chi connectivity index (χ3n) is 5.85.